The second-order valence-electron chi connectivity index (χ2n) is 10.5. The first kappa shape index (κ1) is 25.9. The molecule has 2 aliphatic carbocycles. The lowest BCUT2D eigenvalue weighted by atomic mass is 9.72. The summed E-state index contributed by atoms with van der Waals surface area (Å²) in [5.74, 6) is 0.599. The number of anilines is 1. The molecule has 8 heteroatoms. The lowest BCUT2D eigenvalue weighted by Crippen LogP contribution is -2.43. The molecule has 8 nitrogen and oxygen atoms in total. The van der Waals surface area contributed by atoms with Gasteiger partial charge in [-0.15, -0.1) is 10.2 Å². The number of carbonyl (C=O) groups is 2. The quantitative estimate of drug-likeness (QED) is 0.390. The van der Waals surface area contributed by atoms with Crippen LogP contribution >= 0.6 is 0 Å². The van der Waals surface area contributed by atoms with Crippen LogP contribution in [-0.2, 0) is 15.1 Å². The third-order valence-electron chi connectivity index (χ3n) is 7.87. The van der Waals surface area contributed by atoms with E-state index in [9.17, 15) is 9.59 Å². The zero-order valence-electron chi connectivity index (χ0n) is 21.8. The number of alkyl carbamates (subject to hydrolysis) is 1. The van der Waals surface area contributed by atoms with Gasteiger partial charge in [0.05, 0.1) is 0 Å². The van der Waals surface area contributed by atoms with Crippen LogP contribution in [0.25, 0.3) is 22.4 Å². The van der Waals surface area contributed by atoms with Crippen molar-refractivity contribution in [3.8, 4) is 22.4 Å². The van der Waals surface area contributed by atoms with Gasteiger partial charge < -0.3 is 21.1 Å². The maximum Gasteiger partial charge on any atom is 0.407 e. The minimum atomic E-state index is -0.403. The average molecular weight is 514 g/mol. The second kappa shape index (κ2) is 11.3. The number of hydrogen-bond acceptors (Lipinski definition) is 6. The van der Waals surface area contributed by atoms with Crippen molar-refractivity contribution in [2.75, 3.05) is 12.4 Å². The zero-order valence-corrected chi connectivity index (χ0v) is 21.8. The Bertz CT molecular complexity index is 1270. The molecule has 1 heterocycles. The van der Waals surface area contributed by atoms with Crippen LogP contribution in [-0.4, -0.2) is 35.3 Å². The first-order chi connectivity index (χ1) is 18.4. The van der Waals surface area contributed by atoms with E-state index >= 15 is 0 Å². The molecule has 38 heavy (non-hydrogen) atoms. The Morgan fingerprint density at radius 3 is 2.32 bits per heavy atom. The highest BCUT2D eigenvalue weighted by Gasteiger charge is 2.34. The van der Waals surface area contributed by atoms with Crippen LogP contribution in [0.3, 0.4) is 0 Å². The van der Waals surface area contributed by atoms with Crippen LogP contribution in [0.1, 0.15) is 56.9 Å². The summed E-state index contributed by atoms with van der Waals surface area (Å²) in [5.41, 5.74) is 11.1. The van der Waals surface area contributed by atoms with Crippen LogP contribution < -0.4 is 16.4 Å². The number of nitrogens with two attached hydrogens (primary N) is 1. The largest absolute Gasteiger partial charge is 0.446 e. The van der Waals surface area contributed by atoms with Gasteiger partial charge >= 0.3 is 6.09 Å². The molecule has 3 aromatic rings. The molecule has 0 radical (unpaired) electrons. The van der Waals surface area contributed by atoms with Crippen molar-refractivity contribution in [2.24, 2.45) is 11.7 Å². The first-order valence-corrected chi connectivity index (χ1v) is 13.4. The standard InChI is InChI=1S/C30H35N5O3/c1-32-29(37)38-24-14-8-20(9-15-24)18-27(36)33-26-19-25(21-6-3-2-4-7-21)28(35-34-26)22-10-12-23(13-11-22)30(31)16-5-17-30/h2-4,6-7,10-13,19-20,24H,5,8-9,14-18,31H2,1H3,(H,32,37)(H,33,34,36). The Morgan fingerprint density at radius 2 is 1.68 bits per heavy atom. The van der Waals surface area contributed by atoms with Gasteiger partial charge in [0.2, 0.25) is 5.91 Å². The number of ether oxygens (including phenoxy) is 1. The van der Waals surface area contributed by atoms with E-state index in [2.05, 4.69) is 45.1 Å². The van der Waals surface area contributed by atoms with Crippen molar-refractivity contribution in [1.29, 1.82) is 0 Å². The predicted molar refractivity (Wildman–Crippen MR) is 147 cm³/mol. The second-order valence-corrected chi connectivity index (χ2v) is 10.5. The molecular weight excluding hydrogens is 478 g/mol. The Balaban J connectivity index is 1.29. The number of nitrogens with zero attached hydrogens (tertiary/aromatic N) is 2. The third kappa shape index (κ3) is 5.86. The molecule has 4 N–H and O–H groups in total. The molecule has 0 atom stereocenters. The minimum Gasteiger partial charge on any atom is -0.446 e. The van der Waals surface area contributed by atoms with Gasteiger partial charge in [0, 0.05) is 30.1 Å². The molecule has 198 valence electrons. The highest BCUT2D eigenvalue weighted by Crippen LogP contribution is 2.40. The van der Waals surface area contributed by atoms with Crippen molar-refractivity contribution < 1.29 is 14.3 Å². The van der Waals surface area contributed by atoms with E-state index in [-0.39, 0.29) is 23.5 Å². The van der Waals surface area contributed by atoms with Crippen molar-refractivity contribution in [2.45, 2.75) is 63.0 Å². The highest BCUT2D eigenvalue weighted by atomic mass is 16.6. The highest BCUT2D eigenvalue weighted by molar-refractivity contribution is 5.91. The molecule has 0 bridgehead atoms. The Kier molecular flexibility index (Phi) is 7.69. The fourth-order valence-electron chi connectivity index (χ4n) is 5.43. The van der Waals surface area contributed by atoms with Gasteiger partial charge in [-0.3, -0.25) is 4.79 Å². The number of hydrogen-bond donors (Lipinski definition) is 3. The van der Waals surface area contributed by atoms with Crippen LogP contribution in [0.4, 0.5) is 10.6 Å². The lowest BCUT2D eigenvalue weighted by molar-refractivity contribution is -0.117. The van der Waals surface area contributed by atoms with Crippen molar-refractivity contribution in [3.05, 3.63) is 66.2 Å². The SMILES string of the molecule is CNC(=O)OC1CCC(CC(=O)Nc2cc(-c3ccccc3)c(-c3ccc(C4(N)CCC4)cc3)nn2)CC1. The molecule has 5 rings (SSSR count). The van der Waals surface area contributed by atoms with E-state index in [1.54, 1.807) is 7.05 Å². The summed E-state index contributed by atoms with van der Waals surface area (Å²) in [6, 6.07) is 20.2. The van der Waals surface area contributed by atoms with E-state index < -0.39 is 6.09 Å². The fraction of sp³-hybridized carbons (Fsp3) is 0.400. The molecular formula is C30H35N5O3. The van der Waals surface area contributed by atoms with E-state index in [1.165, 1.54) is 6.42 Å². The summed E-state index contributed by atoms with van der Waals surface area (Å²) in [5, 5.41) is 14.3. The van der Waals surface area contributed by atoms with Crippen LogP contribution in [0.2, 0.25) is 0 Å². The van der Waals surface area contributed by atoms with E-state index in [4.69, 9.17) is 10.5 Å². The van der Waals surface area contributed by atoms with E-state index in [0.717, 1.165) is 66.5 Å². The number of amides is 2. The molecule has 2 fully saturated rings. The maximum absolute atomic E-state index is 12.9. The number of benzene rings is 2. The van der Waals surface area contributed by atoms with Gasteiger partial charge in [0.25, 0.3) is 0 Å². The van der Waals surface area contributed by atoms with Gasteiger partial charge in [-0.2, -0.15) is 0 Å². The van der Waals surface area contributed by atoms with Gasteiger partial charge in [-0.25, -0.2) is 4.79 Å². The fourth-order valence-corrected chi connectivity index (χ4v) is 5.43. The van der Waals surface area contributed by atoms with Crippen molar-refractivity contribution in [3.63, 3.8) is 0 Å². The normalized spacial score (nSPS) is 20.2. The summed E-state index contributed by atoms with van der Waals surface area (Å²) in [7, 11) is 1.55. The summed E-state index contributed by atoms with van der Waals surface area (Å²) < 4.78 is 5.35. The Hall–Kier alpha value is -3.78. The molecule has 2 aromatic carbocycles. The van der Waals surface area contributed by atoms with Gasteiger partial charge in [-0.1, -0.05) is 54.6 Å². The molecule has 2 amide bonds. The summed E-state index contributed by atoms with van der Waals surface area (Å²) in [6.45, 7) is 0. The van der Waals surface area contributed by atoms with Crippen LogP contribution in [0, 0.1) is 5.92 Å². The lowest BCUT2D eigenvalue weighted by Gasteiger charge is -2.38. The van der Waals surface area contributed by atoms with E-state index in [0.29, 0.717) is 12.2 Å². The Morgan fingerprint density at radius 1 is 0.974 bits per heavy atom. The van der Waals surface area contributed by atoms with Crippen molar-refractivity contribution >= 4 is 17.8 Å². The average Bonchev–Trinajstić information content (AvgIpc) is 2.93. The molecule has 2 saturated carbocycles. The zero-order chi connectivity index (χ0) is 26.5. The minimum absolute atomic E-state index is 0.0835. The Labute approximate surface area is 223 Å². The molecule has 1 aromatic heterocycles. The van der Waals surface area contributed by atoms with Gasteiger partial charge in [-0.05, 0) is 68.1 Å². The molecule has 0 unspecified atom stereocenters. The first-order valence-electron chi connectivity index (χ1n) is 13.4. The van der Waals surface area contributed by atoms with Crippen LogP contribution in [0.5, 0.6) is 0 Å². The van der Waals surface area contributed by atoms with Gasteiger partial charge in [0.15, 0.2) is 5.82 Å². The number of carbonyl (C=O) groups excluding carboxylic acids is 2. The number of nitrogens with one attached hydrogen (secondary N) is 2. The molecule has 2 aliphatic rings. The summed E-state index contributed by atoms with van der Waals surface area (Å²) >= 11 is 0. The number of aromatic nitrogens is 2. The molecule has 0 aliphatic heterocycles. The monoisotopic (exact) mass is 513 g/mol. The summed E-state index contributed by atoms with van der Waals surface area (Å²) in [6.07, 6.45) is 6.33. The third-order valence-corrected chi connectivity index (χ3v) is 7.87. The maximum atomic E-state index is 12.9. The molecule has 0 spiro atoms. The number of rotatable bonds is 7. The van der Waals surface area contributed by atoms with Crippen molar-refractivity contribution in [1.82, 2.24) is 15.5 Å². The van der Waals surface area contributed by atoms with Gasteiger partial charge in [0.1, 0.15) is 11.8 Å². The van der Waals surface area contributed by atoms with E-state index in [1.807, 2.05) is 36.4 Å². The molecule has 0 saturated heterocycles. The summed E-state index contributed by atoms with van der Waals surface area (Å²) in [4.78, 5) is 24.3. The van der Waals surface area contributed by atoms with Crippen LogP contribution in [0.15, 0.2) is 60.7 Å². The topological polar surface area (TPSA) is 119 Å². The smallest absolute Gasteiger partial charge is 0.407 e. The predicted octanol–water partition coefficient (Wildman–Crippen LogP) is 5.39.